The summed E-state index contributed by atoms with van der Waals surface area (Å²) in [5.74, 6) is 1.04. The van der Waals surface area contributed by atoms with Gasteiger partial charge >= 0.3 is 0 Å². The average Bonchev–Trinajstić information content (AvgIpc) is 2.52. The van der Waals surface area contributed by atoms with Crippen LogP contribution in [-0.4, -0.2) is 38.9 Å². The normalized spacial score (nSPS) is 11.9. The monoisotopic (exact) mass is 307 g/mol. The predicted molar refractivity (Wildman–Crippen MR) is 90.9 cm³/mol. The van der Waals surface area contributed by atoms with E-state index < -0.39 is 0 Å². The first-order valence-electron chi connectivity index (χ1n) is 7.91. The topological polar surface area (TPSA) is 68.9 Å². The van der Waals surface area contributed by atoms with Crippen molar-refractivity contribution < 1.29 is 9.47 Å². The lowest BCUT2D eigenvalue weighted by Gasteiger charge is -2.08. The summed E-state index contributed by atoms with van der Waals surface area (Å²) in [7, 11) is 0. The van der Waals surface area contributed by atoms with Gasteiger partial charge in [-0.1, -0.05) is 44.2 Å². The number of nitrogens with two attached hydrogens (primary N) is 1. The molecule has 0 aliphatic heterocycles. The average molecular weight is 307 g/mol. The van der Waals surface area contributed by atoms with Crippen LogP contribution in [0, 0.1) is 5.92 Å². The van der Waals surface area contributed by atoms with Gasteiger partial charge in [0.2, 0.25) is 0 Å². The molecule has 1 aromatic carbocycles. The van der Waals surface area contributed by atoms with Crippen molar-refractivity contribution in [2.24, 2.45) is 16.6 Å². The van der Waals surface area contributed by atoms with Gasteiger partial charge in [0.05, 0.1) is 19.8 Å². The first kappa shape index (κ1) is 18.5. The maximum Gasteiger partial charge on any atom is 0.188 e. The van der Waals surface area contributed by atoms with Crippen LogP contribution in [0.2, 0.25) is 0 Å². The Kier molecular flexibility index (Phi) is 10.1. The first-order chi connectivity index (χ1) is 10.7. The number of hydrogen-bond donors (Lipinski definition) is 2. The van der Waals surface area contributed by atoms with Gasteiger partial charge in [0.25, 0.3) is 0 Å². The van der Waals surface area contributed by atoms with Crippen molar-refractivity contribution in [3.05, 3.63) is 35.9 Å². The molecule has 22 heavy (non-hydrogen) atoms. The second kappa shape index (κ2) is 12.0. The van der Waals surface area contributed by atoms with Crippen molar-refractivity contribution in [3.8, 4) is 0 Å². The fourth-order valence-corrected chi connectivity index (χ4v) is 1.71. The molecule has 0 unspecified atom stereocenters. The molecule has 0 atom stereocenters. The van der Waals surface area contributed by atoms with Crippen molar-refractivity contribution >= 4 is 5.96 Å². The molecule has 0 amide bonds. The maximum atomic E-state index is 5.74. The van der Waals surface area contributed by atoms with Gasteiger partial charge in [-0.2, -0.15) is 0 Å². The highest BCUT2D eigenvalue weighted by atomic mass is 16.5. The number of ether oxygens (including phenoxy) is 2. The third kappa shape index (κ3) is 10.2. The van der Waals surface area contributed by atoms with Crippen LogP contribution < -0.4 is 11.1 Å². The van der Waals surface area contributed by atoms with Crippen molar-refractivity contribution in [1.82, 2.24) is 5.32 Å². The molecular weight excluding hydrogens is 278 g/mol. The first-order valence-corrected chi connectivity index (χ1v) is 7.91. The molecule has 1 rings (SSSR count). The smallest absolute Gasteiger partial charge is 0.188 e. The molecular formula is C17H29N3O2. The predicted octanol–water partition coefficient (Wildman–Crippen LogP) is 2.17. The molecule has 0 saturated heterocycles. The van der Waals surface area contributed by atoms with Crippen LogP contribution >= 0.6 is 0 Å². The molecule has 0 fully saturated rings. The molecule has 5 nitrogen and oxygen atoms in total. The fourth-order valence-electron chi connectivity index (χ4n) is 1.71. The van der Waals surface area contributed by atoms with Crippen molar-refractivity contribution in [3.63, 3.8) is 0 Å². The second-order valence-electron chi connectivity index (χ2n) is 5.55. The molecule has 5 heteroatoms. The molecule has 0 aliphatic rings. The van der Waals surface area contributed by atoms with Gasteiger partial charge < -0.3 is 20.5 Å². The van der Waals surface area contributed by atoms with E-state index in [0.29, 0.717) is 38.3 Å². The second-order valence-corrected chi connectivity index (χ2v) is 5.55. The largest absolute Gasteiger partial charge is 0.379 e. The maximum absolute atomic E-state index is 5.74. The number of hydrogen-bond acceptors (Lipinski definition) is 3. The molecule has 0 aliphatic carbocycles. The van der Waals surface area contributed by atoms with Crippen LogP contribution in [0.3, 0.4) is 0 Å². The minimum absolute atomic E-state index is 0.514. The third-order valence-corrected chi connectivity index (χ3v) is 2.88. The number of guanidine groups is 1. The van der Waals surface area contributed by atoms with Gasteiger partial charge in [-0.15, -0.1) is 0 Å². The summed E-state index contributed by atoms with van der Waals surface area (Å²) in [6, 6.07) is 10.1. The van der Waals surface area contributed by atoms with E-state index in [4.69, 9.17) is 15.2 Å². The molecule has 1 aromatic rings. The molecule has 0 radical (unpaired) electrons. The molecule has 124 valence electrons. The fraction of sp³-hybridized carbons (Fsp3) is 0.588. The van der Waals surface area contributed by atoms with Crippen LogP contribution in [0.4, 0.5) is 0 Å². The molecule has 0 bridgehead atoms. The Hall–Kier alpha value is -1.59. The van der Waals surface area contributed by atoms with E-state index in [-0.39, 0.29) is 0 Å². The van der Waals surface area contributed by atoms with Gasteiger partial charge in [0.15, 0.2) is 5.96 Å². The van der Waals surface area contributed by atoms with Crippen LogP contribution in [-0.2, 0) is 16.1 Å². The van der Waals surface area contributed by atoms with E-state index in [2.05, 4.69) is 36.3 Å². The highest BCUT2D eigenvalue weighted by Gasteiger charge is 1.95. The zero-order valence-electron chi connectivity index (χ0n) is 13.8. The van der Waals surface area contributed by atoms with E-state index in [0.717, 1.165) is 19.5 Å². The zero-order chi connectivity index (χ0) is 16.0. The van der Waals surface area contributed by atoms with Gasteiger partial charge in [0.1, 0.15) is 0 Å². The Morgan fingerprint density at radius 2 is 1.86 bits per heavy atom. The Bertz CT molecular complexity index is 408. The molecule has 0 heterocycles. The molecule has 3 N–H and O–H groups in total. The number of nitrogens with one attached hydrogen (secondary N) is 1. The molecule has 0 saturated carbocycles. The van der Waals surface area contributed by atoms with E-state index in [9.17, 15) is 0 Å². The van der Waals surface area contributed by atoms with Gasteiger partial charge in [-0.05, 0) is 17.9 Å². The molecule has 0 spiro atoms. The molecule has 0 aromatic heterocycles. The summed E-state index contributed by atoms with van der Waals surface area (Å²) in [4.78, 5) is 4.23. The standard InChI is InChI=1S/C17H29N3O2/c1-15(2)13-20-17(18)19-9-6-10-21-11-12-22-14-16-7-4-3-5-8-16/h3-5,7-8,15H,6,9-14H2,1-2H3,(H3,18,19,20). The summed E-state index contributed by atoms with van der Waals surface area (Å²) in [6.45, 7) is 8.32. The quantitative estimate of drug-likeness (QED) is 0.373. The lowest BCUT2D eigenvalue weighted by Crippen LogP contribution is -2.33. The van der Waals surface area contributed by atoms with E-state index in [1.807, 2.05) is 18.2 Å². The highest BCUT2D eigenvalue weighted by Crippen LogP contribution is 2.00. The highest BCUT2D eigenvalue weighted by molar-refractivity contribution is 5.77. The SMILES string of the molecule is CC(C)CN=C(N)NCCCOCCOCc1ccccc1. The van der Waals surface area contributed by atoms with Crippen molar-refractivity contribution in [1.29, 1.82) is 0 Å². The summed E-state index contributed by atoms with van der Waals surface area (Å²) >= 11 is 0. The van der Waals surface area contributed by atoms with E-state index >= 15 is 0 Å². The number of benzene rings is 1. The van der Waals surface area contributed by atoms with Gasteiger partial charge in [-0.25, -0.2) is 0 Å². The third-order valence-electron chi connectivity index (χ3n) is 2.88. The van der Waals surface area contributed by atoms with Crippen LogP contribution in [0.5, 0.6) is 0 Å². The minimum atomic E-state index is 0.514. The van der Waals surface area contributed by atoms with Crippen LogP contribution in [0.1, 0.15) is 25.8 Å². The Balaban J connectivity index is 1.88. The van der Waals surface area contributed by atoms with Crippen molar-refractivity contribution in [2.45, 2.75) is 26.9 Å². The van der Waals surface area contributed by atoms with Gasteiger partial charge in [-0.3, -0.25) is 4.99 Å². The van der Waals surface area contributed by atoms with Gasteiger partial charge in [0, 0.05) is 19.7 Å². The summed E-state index contributed by atoms with van der Waals surface area (Å²) < 4.78 is 11.0. The number of rotatable bonds is 11. The lowest BCUT2D eigenvalue weighted by atomic mass is 10.2. The van der Waals surface area contributed by atoms with Crippen LogP contribution in [0.15, 0.2) is 35.3 Å². The summed E-state index contributed by atoms with van der Waals surface area (Å²) in [5, 5.41) is 3.08. The number of aliphatic imine (C=N–C) groups is 1. The Morgan fingerprint density at radius 1 is 1.14 bits per heavy atom. The van der Waals surface area contributed by atoms with E-state index in [1.165, 1.54) is 5.56 Å². The summed E-state index contributed by atoms with van der Waals surface area (Å²) in [6.07, 6.45) is 0.899. The Labute approximate surface area is 133 Å². The van der Waals surface area contributed by atoms with E-state index in [1.54, 1.807) is 0 Å². The van der Waals surface area contributed by atoms with Crippen LogP contribution in [0.25, 0.3) is 0 Å². The summed E-state index contributed by atoms with van der Waals surface area (Å²) in [5.41, 5.74) is 6.92. The number of nitrogens with zero attached hydrogens (tertiary/aromatic N) is 1. The minimum Gasteiger partial charge on any atom is -0.379 e. The van der Waals surface area contributed by atoms with Crippen molar-refractivity contribution in [2.75, 3.05) is 32.9 Å². The zero-order valence-corrected chi connectivity index (χ0v) is 13.8. The Morgan fingerprint density at radius 3 is 2.59 bits per heavy atom. The lowest BCUT2D eigenvalue weighted by molar-refractivity contribution is 0.0401.